The molecule has 1 N–H and O–H groups in total. The third-order valence-corrected chi connectivity index (χ3v) is 5.75. The maximum Gasteiger partial charge on any atom is 0.410 e. The van der Waals surface area contributed by atoms with Gasteiger partial charge < -0.3 is 19.3 Å². The van der Waals surface area contributed by atoms with Crippen LogP contribution in [0.2, 0.25) is 0 Å². The number of nitrogens with zero attached hydrogens (tertiary/aromatic N) is 1. The van der Waals surface area contributed by atoms with E-state index < -0.39 is 18.2 Å². The number of morpholine rings is 1. The lowest BCUT2D eigenvalue weighted by atomic mass is 10.0. The summed E-state index contributed by atoms with van der Waals surface area (Å²) in [7, 11) is 0. The van der Waals surface area contributed by atoms with E-state index in [1.807, 2.05) is 67.6 Å². The fourth-order valence-corrected chi connectivity index (χ4v) is 4.23. The molecule has 0 bridgehead atoms. The second kappa shape index (κ2) is 9.60. The quantitative estimate of drug-likeness (QED) is 0.640. The fourth-order valence-electron chi connectivity index (χ4n) is 4.23. The average molecular weight is 411 g/mol. The first-order valence-electron chi connectivity index (χ1n) is 10.6. The van der Waals surface area contributed by atoms with Crippen molar-refractivity contribution < 1.29 is 24.1 Å². The van der Waals surface area contributed by atoms with Crippen LogP contribution in [0.5, 0.6) is 0 Å². The van der Waals surface area contributed by atoms with Gasteiger partial charge in [0, 0.05) is 0 Å². The monoisotopic (exact) mass is 411 g/mol. The second-order valence-corrected chi connectivity index (χ2v) is 7.93. The van der Waals surface area contributed by atoms with Gasteiger partial charge in [-0.1, -0.05) is 74.0 Å². The number of ether oxygens (including phenoxy) is 3. The van der Waals surface area contributed by atoms with Gasteiger partial charge in [0.15, 0.2) is 0 Å². The number of rotatable bonds is 9. The van der Waals surface area contributed by atoms with Gasteiger partial charge in [0.1, 0.15) is 18.8 Å². The molecule has 1 amide bonds. The zero-order valence-electron chi connectivity index (χ0n) is 17.2. The van der Waals surface area contributed by atoms with Crippen LogP contribution < -0.4 is 0 Å². The molecule has 2 heterocycles. The molecule has 2 fully saturated rings. The molecule has 2 aliphatic heterocycles. The van der Waals surface area contributed by atoms with E-state index in [1.165, 1.54) is 0 Å². The fraction of sp³-hybridized carbons (Fsp3) is 0.458. The lowest BCUT2D eigenvalue weighted by Gasteiger charge is -2.34. The predicted octanol–water partition coefficient (Wildman–Crippen LogP) is 3.52. The highest BCUT2D eigenvalue weighted by Gasteiger charge is 2.64. The smallest absolute Gasteiger partial charge is 0.410 e. The Bertz CT molecular complexity index is 815. The Labute approximate surface area is 177 Å². The number of benzene rings is 2. The summed E-state index contributed by atoms with van der Waals surface area (Å²) in [5, 5.41) is 10.7. The summed E-state index contributed by atoms with van der Waals surface area (Å²) in [6.07, 6.45) is 0.105. The standard InChI is InChI=1S/C24H29NO5/c1-2-9-20(26)21-23-22(30-23)19(16-28-14-17-10-5-3-6-11-17)25(21)24(27)29-15-18-12-7-4-8-13-18/h3-8,10-13,19-23,26H,2,9,14-16H2,1H3/t19-,20-,21-,22?,23?/m0/s1. The second-order valence-electron chi connectivity index (χ2n) is 7.93. The molecule has 6 nitrogen and oxygen atoms in total. The van der Waals surface area contributed by atoms with E-state index in [1.54, 1.807) is 4.90 Å². The third-order valence-electron chi connectivity index (χ3n) is 5.75. The molecule has 0 saturated carbocycles. The number of aliphatic hydroxyl groups is 1. The summed E-state index contributed by atoms with van der Waals surface area (Å²) < 4.78 is 17.3. The highest BCUT2D eigenvalue weighted by molar-refractivity contribution is 5.70. The number of hydrogen-bond donors (Lipinski definition) is 1. The number of amides is 1. The van der Waals surface area contributed by atoms with Gasteiger partial charge in [0.05, 0.1) is 31.4 Å². The third kappa shape index (κ3) is 4.67. The summed E-state index contributed by atoms with van der Waals surface area (Å²) in [4.78, 5) is 14.7. The van der Waals surface area contributed by atoms with Crippen LogP contribution in [0.3, 0.4) is 0 Å². The van der Waals surface area contributed by atoms with Crippen molar-refractivity contribution in [3.05, 3.63) is 71.8 Å². The SMILES string of the molecule is CCC[C@H](O)[C@H]1C2OC2[C@H](COCc2ccccc2)N1C(=O)OCc1ccccc1. The highest BCUT2D eigenvalue weighted by Crippen LogP contribution is 2.44. The Morgan fingerprint density at radius 3 is 2.30 bits per heavy atom. The van der Waals surface area contributed by atoms with Crippen molar-refractivity contribution in [3.63, 3.8) is 0 Å². The van der Waals surface area contributed by atoms with Crippen LogP contribution in [-0.2, 0) is 27.4 Å². The summed E-state index contributed by atoms with van der Waals surface area (Å²) >= 11 is 0. The minimum atomic E-state index is -0.645. The number of likely N-dealkylation sites (tertiary alicyclic amines) is 1. The summed E-state index contributed by atoms with van der Waals surface area (Å²) in [6.45, 7) is 3.01. The van der Waals surface area contributed by atoms with Crippen molar-refractivity contribution >= 4 is 6.09 Å². The maximum absolute atomic E-state index is 13.0. The zero-order chi connectivity index (χ0) is 20.9. The van der Waals surface area contributed by atoms with E-state index in [0.29, 0.717) is 19.6 Å². The van der Waals surface area contributed by atoms with Crippen molar-refractivity contribution in [2.75, 3.05) is 6.61 Å². The van der Waals surface area contributed by atoms with Gasteiger partial charge in [0.25, 0.3) is 0 Å². The number of aliphatic hydroxyl groups excluding tert-OH is 1. The van der Waals surface area contributed by atoms with E-state index in [9.17, 15) is 9.90 Å². The minimum absolute atomic E-state index is 0.110. The van der Waals surface area contributed by atoms with Crippen LogP contribution in [0.1, 0.15) is 30.9 Å². The minimum Gasteiger partial charge on any atom is -0.445 e. The Kier molecular flexibility index (Phi) is 6.67. The highest BCUT2D eigenvalue weighted by atomic mass is 16.6. The molecule has 160 valence electrons. The zero-order valence-corrected chi connectivity index (χ0v) is 17.2. The lowest BCUT2D eigenvalue weighted by Crippen LogP contribution is -2.52. The number of fused-ring (bicyclic) bond motifs is 1. The van der Waals surface area contributed by atoms with Crippen molar-refractivity contribution in [3.8, 4) is 0 Å². The number of hydrogen-bond acceptors (Lipinski definition) is 5. The lowest BCUT2D eigenvalue weighted by molar-refractivity contribution is -0.0268. The number of epoxide rings is 1. The maximum atomic E-state index is 13.0. The molecule has 30 heavy (non-hydrogen) atoms. The predicted molar refractivity (Wildman–Crippen MR) is 112 cm³/mol. The first-order valence-corrected chi connectivity index (χ1v) is 10.6. The van der Waals surface area contributed by atoms with Crippen molar-refractivity contribution in [1.82, 2.24) is 4.90 Å². The molecule has 0 aliphatic carbocycles. The van der Waals surface area contributed by atoms with E-state index in [2.05, 4.69) is 0 Å². The van der Waals surface area contributed by atoms with E-state index in [-0.39, 0.29) is 24.9 Å². The van der Waals surface area contributed by atoms with Crippen LogP contribution in [0, 0.1) is 0 Å². The van der Waals surface area contributed by atoms with Crippen molar-refractivity contribution in [2.45, 2.75) is 63.4 Å². The average Bonchev–Trinajstić information content (AvgIpc) is 3.49. The normalized spacial score (nSPS) is 25.6. The van der Waals surface area contributed by atoms with E-state index in [4.69, 9.17) is 14.2 Å². The van der Waals surface area contributed by atoms with Gasteiger partial charge in [-0.25, -0.2) is 4.79 Å². The van der Waals surface area contributed by atoms with Gasteiger partial charge in [-0.3, -0.25) is 4.90 Å². The molecule has 2 aromatic carbocycles. The number of carbonyl (C=O) groups excluding carboxylic acids is 1. The van der Waals surface area contributed by atoms with Crippen molar-refractivity contribution in [1.29, 1.82) is 0 Å². The molecular weight excluding hydrogens is 382 g/mol. The van der Waals surface area contributed by atoms with Gasteiger partial charge in [-0.05, 0) is 17.5 Å². The Morgan fingerprint density at radius 1 is 1.03 bits per heavy atom. The summed E-state index contributed by atoms with van der Waals surface area (Å²) in [6, 6.07) is 18.8. The molecule has 2 aliphatic rings. The molecular formula is C24H29NO5. The summed E-state index contributed by atoms with van der Waals surface area (Å²) in [5.41, 5.74) is 2.00. The largest absolute Gasteiger partial charge is 0.445 e. The molecule has 6 heteroatoms. The van der Waals surface area contributed by atoms with E-state index >= 15 is 0 Å². The first kappa shape index (κ1) is 20.8. The van der Waals surface area contributed by atoms with Gasteiger partial charge in [-0.2, -0.15) is 0 Å². The first-order chi connectivity index (χ1) is 14.7. The topological polar surface area (TPSA) is 71.5 Å². The summed E-state index contributed by atoms with van der Waals surface area (Å²) in [5.74, 6) is 0. The Hall–Kier alpha value is -2.41. The van der Waals surface area contributed by atoms with Crippen molar-refractivity contribution in [2.24, 2.45) is 0 Å². The van der Waals surface area contributed by atoms with Gasteiger partial charge >= 0.3 is 6.09 Å². The van der Waals surface area contributed by atoms with Crippen LogP contribution in [0.25, 0.3) is 0 Å². The Balaban J connectivity index is 1.42. The Morgan fingerprint density at radius 2 is 1.67 bits per heavy atom. The van der Waals surface area contributed by atoms with Crippen LogP contribution >= 0.6 is 0 Å². The molecule has 2 aromatic rings. The molecule has 0 aromatic heterocycles. The van der Waals surface area contributed by atoms with Crippen LogP contribution in [-0.4, -0.2) is 53.1 Å². The molecule has 2 unspecified atom stereocenters. The molecule has 2 saturated heterocycles. The van der Waals surface area contributed by atoms with E-state index in [0.717, 1.165) is 17.5 Å². The van der Waals surface area contributed by atoms with Crippen LogP contribution in [0.4, 0.5) is 4.79 Å². The molecule has 0 spiro atoms. The molecule has 5 atom stereocenters. The number of carbonyl (C=O) groups is 1. The van der Waals surface area contributed by atoms with Gasteiger partial charge in [0.2, 0.25) is 0 Å². The van der Waals surface area contributed by atoms with Gasteiger partial charge in [-0.15, -0.1) is 0 Å². The molecule has 4 rings (SSSR count). The molecule has 0 radical (unpaired) electrons. The van der Waals surface area contributed by atoms with Crippen LogP contribution in [0.15, 0.2) is 60.7 Å².